The first-order valence-electron chi connectivity index (χ1n) is 11.1. The summed E-state index contributed by atoms with van der Waals surface area (Å²) in [6.45, 7) is 4.23. The Morgan fingerprint density at radius 2 is 2.00 bits per heavy atom. The van der Waals surface area contributed by atoms with Crippen molar-refractivity contribution < 1.29 is 9.59 Å². The summed E-state index contributed by atoms with van der Waals surface area (Å²) in [7, 11) is 0. The molecule has 2 aromatic rings. The average Bonchev–Trinajstić information content (AvgIpc) is 3.33. The number of aromatic nitrogens is 3. The van der Waals surface area contributed by atoms with E-state index in [0.717, 1.165) is 62.1 Å². The quantitative estimate of drug-likeness (QED) is 0.844. The summed E-state index contributed by atoms with van der Waals surface area (Å²) < 4.78 is 1.91. The third-order valence-electron chi connectivity index (χ3n) is 7.44. The second-order valence-electron chi connectivity index (χ2n) is 9.19. The van der Waals surface area contributed by atoms with Gasteiger partial charge < -0.3 is 10.2 Å². The van der Waals surface area contributed by atoms with Gasteiger partial charge in [0.05, 0.1) is 12.5 Å². The molecular weight excluding hydrogens is 378 g/mol. The molecular formula is C23H29N5O2. The molecule has 2 atom stereocenters. The number of nitrogens with zero attached hydrogens (tertiary/aromatic N) is 4. The van der Waals surface area contributed by atoms with Crippen molar-refractivity contribution in [1.29, 1.82) is 0 Å². The molecule has 7 heteroatoms. The largest absolute Gasteiger partial charge is 0.345 e. The van der Waals surface area contributed by atoms with E-state index in [2.05, 4.69) is 15.4 Å². The Bertz CT molecular complexity index is 966. The van der Waals surface area contributed by atoms with Crippen LogP contribution in [-0.2, 0) is 22.6 Å². The van der Waals surface area contributed by atoms with Crippen molar-refractivity contribution in [2.75, 3.05) is 13.1 Å². The van der Waals surface area contributed by atoms with Crippen LogP contribution in [0, 0.1) is 18.3 Å². The van der Waals surface area contributed by atoms with Crippen LogP contribution in [-0.4, -0.2) is 44.6 Å². The monoisotopic (exact) mass is 407 g/mol. The lowest BCUT2D eigenvalue weighted by Crippen LogP contribution is -2.50. The molecule has 3 heterocycles. The smallest absolute Gasteiger partial charge is 0.227 e. The maximum absolute atomic E-state index is 13.1. The molecule has 3 aliphatic rings. The molecule has 5 rings (SSSR count). The first-order valence-corrected chi connectivity index (χ1v) is 11.1. The van der Waals surface area contributed by atoms with Crippen molar-refractivity contribution in [3.8, 4) is 0 Å². The number of carbonyl (C=O) groups excluding carboxylic acids is 2. The van der Waals surface area contributed by atoms with Crippen LogP contribution in [0.2, 0.25) is 0 Å². The summed E-state index contributed by atoms with van der Waals surface area (Å²) in [5.74, 6) is 1.26. The normalized spacial score (nSPS) is 25.8. The summed E-state index contributed by atoms with van der Waals surface area (Å²) in [5.41, 5.74) is 2.07. The highest BCUT2D eigenvalue weighted by Crippen LogP contribution is 2.48. The third-order valence-corrected chi connectivity index (χ3v) is 7.44. The van der Waals surface area contributed by atoms with E-state index < -0.39 is 0 Å². The highest BCUT2D eigenvalue weighted by molar-refractivity contribution is 5.80. The molecule has 2 amide bonds. The van der Waals surface area contributed by atoms with Crippen molar-refractivity contribution in [2.45, 2.75) is 58.0 Å². The Morgan fingerprint density at radius 1 is 1.20 bits per heavy atom. The number of aryl methyl sites for hydroxylation is 2. The second kappa shape index (κ2) is 7.52. The lowest BCUT2D eigenvalue weighted by atomic mass is 9.73. The Hall–Kier alpha value is -2.70. The van der Waals surface area contributed by atoms with Gasteiger partial charge >= 0.3 is 0 Å². The zero-order valence-electron chi connectivity index (χ0n) is 17.5. The van der Waals surface area contributed by atoms with Gasteiger partial charge in [-0.15, -0.1) is 0 Å². The highest BCUT2D eigenvalue weighted by atomic mass is 16.2. The number of likely N-dealkylation sites (tertiary alicyclic amines) is 1. The lowest BCUT2D eigenvalue weighted by Gasteiger charge is -2.41. The van der Waals surface area contributed by atoms with Crippen molar-refractivity contribution in [2.24, 2.45) is 11.3 Å². The Kier molecular flexibility index (Phi) is 4.83. The maximum atomic E-state index is 13.1. The molecule has 2 fully saturated rings. The fourth-order valence-corrected chi connectivity index (χ4v) is 5.20. The number of nitrogens with one attached hydrogen (secondary N) is 1. The van der Waals surface area contributed by atoms with Crippen molar-refractivity contribution in [3.05, 3.63) is 47.5 Å². The number of rotatable bonds is 4. The number of carbonyl (C=O) groups is 2. The molecule has 1 aliphatic carbocycles. The summed E-state index contributed by atoms with van der Waals surface area (Å²) >= 11 is 0. The topological polar surface area (TPSA) is 80.1 Å². The predicted molar refractivity (Wildman–Crippen MR) is 111 cm³/mol. The van der Waals surface area contributed by atoms with Gasteiger partial charge in [-0.1, -0.05) is 30.7 Å². The minimum absolute atomic E-state index is 0.126. The zero-order valence-corrected chi connectivity index (χ0v) is 17.5. The standard InChI is InChI=1S/C23H29N5O2/c1-16-5-2-3-6-18(16)13-19(29)27-11-9-23(14-27)10-12-28-21(24-15-25-28)20(23)26-22(30)17-7-4-8-17/h2-3,5-6,15,17,20H,4,7-14H2,1H3,(H,26,30)/t20-,23+/m0/s1. The minimum Gasteiger partial charge on any atom is -0.345 e. The molecule has 0 radical (unpaired) electrons. The zero-order chi connectivity index (χ0) is 20.7. The van der Waals surface area contributed by atoms with Gasteiger partial charge in [0.15, 0.2) is 0 Å². The number of hydrogen-bond acceptors (Lipinski definition) is 4. The number of benzene rings is 1. The number of fused-ring (bicyclic) bond motifs is 1. The highest BCUT2D eigenvalue weighted by Gasteiger charge is 2.51. The van der Waals surface area contributed by atoms with Gasteiger partial charge in [0, 0.05) is 31.0 Å². The van der Waals surface area contributed by atoms with Crippen molar-refractivity contribution >= 4 is 11.8 Å². The van der Waals surface area contributed by atoms with Gasteiger partial charge in [0.1, 0.15) is 12.2 Å². The summed E-state index contributed by atoms with van der Waals surface area (Å²) in [6.07, 6.45) is 6.86. The van der Waals surface area contributed by atoms with E-state index in [0.29, 0.717) is 13.0 Å². The molecule has 30 heavy (non-hydrogen) atoms. The molecule has 1 saturated heterocycles. The van der Waals surface area contributed by atoms with Crippen molar-refractivity contribution in [3.63, 3.8) is 0 Å². The third kappa shape index (κ3) is 3.30. The maximum Gasteiger partial charge on any atom is 0.227 e. The van der Waals surface area contributed by atoms with E-state index in [1.807, 2.05) is 40.8 Å². The number of amides is 2. The Morgan fingerprint density at radius 3 is 2.77 bits per heavy atom. The van der Waals surface area contributed by atoms with Gasteiger partial charge in [0.25, 0.3) is 0 Å². The predicted octanol–water partition coefficient (Wildman–Crippen LogP) is 2.41. The van der Waals surface area contributed by atoms with E-state index in [9.17, 15) is 9.59 Å². The van der Waals surface area contributed by atoms with E-state index >= 15 is 0 Å². The summed E-state index contributed by atoms with van der Waals surface area (Å²) in [6, 6.07) is 7.89. The van der Waals surface area contributed by atoms with Crippen molar-refractivity contribution in [1.82, 2.24) is 25.0 Å². The molecule has 0 bridgehead atoms. The fraction of sp³-hybridized carbons (Fsp3) is 0.565. The summed E-state index contributed by atoms with van der Waals surface area (Å²) in [4.78, 5) is 32.4. The van der Waals surface area contributed by atoms with E-state index in [-0.39, 0.29) is 29.2 Å². The molecule has 1 N–H and O–H groups in total. The van der Waals surface area contributed by atoms with Crippen LogP contribution in [0.25, 0.3) is 0 Å². The molecule has 2 aliphatic heterocycles. The molecule has 1 aromatic carbocycles. The lowest BCUT2D eigenvalue weighted by molar-refractivity contribution is -0.130. The van der Waals surface area contributed by atoms with Gasteiger partial charge in [-0.05, 0) is 43.7 Å². The first-order chi connectivity index (χ1) is 14.6. The Labute approximate surface area is 176 Å². The van der Waals surface area contributed by atoms with Gasteiger partial charge in [-0.2, -0.15) is 5.10 Å². The minimum atomic E-state index is -0.182. The second-order valence-corrected chi connectivity index (χ2v) is 9.19. The van der Waals surface area contributed by atoms with Crippen LogP contribution in [0.1, 0.15) is 55.1 Å². The van der Waals surface area contributed by atoms with E-state index in [1.54, 1.807) is 6.33 Å². The average molecular weight is 408 g/mol. The molecule has 7 nitrogen and oxygen atoms in total. The van der Waals surface area contributed by atoms with Gasteiger partial charge in [0.2, 0.25) is 11.8 Å². The Balaban J connectivity index is 1.35. The summed E-state index contributed by atoms with van der Waals surface area (Å²) in [5, 5.41) is 7.66. The number of hydrogen-bond donors (Lipinski definition) is 1. The van der Waals surface area contributed by atoms with E-state index in [1.165, 1.54) is 0 Å². The fourth-order valence-electron chi connectivity index (χ4n) is 5.20. The van der Waals surface area contributed by atoms with Gasteiger partial charge in [-0.3, -0.25) is 9.59 Å². The van der Waals surface area contributed by atoms with Gasteiger partial charge in [-0.25, -0.2) is 9.67 Å². The molecule has 1 aromatic heterocycles. The van der Waals surface area contributed by atoms with Crippen LogP contribution in [0.3, 0.4) is 0 Å². The molecule has 1 saturated carbocycles. The van der Waals surface area contributed by atoms with Crippen LogP contribution >= 0.6 is 0 Å². The SMILES string of the molecule is Cc1ccccc1CC(=O)N1CC[C@@]2(CCn3ncnc3[C@@H]2NC(=O)C2CCC2)C1. The van der Waals surface area contributed by atoms with Crippen LogP contribution in [0.15, 0.2) is 30.6 Å². The molecule has 0 unspecified atom stereocenters. The van der Waals surface area contributed by atoms with Crippen LogP contribution in [0.5, 0.6) is 0 Å². The van der Waals surface area contributed by atoms with E-state index in [4.69, 9.17) is 0 Å². The van der Waals surface area contributed by atoms with Crippen LogP contribution in [0.4, 0.5) is 0 Å². The van der Waals surface area contributed by atoms with Crippen LogP contribution < -0.4 is 5.32 Å². The molecule has 1 spiro atoms. The first kappa shape index (κ1) is 19.3. The molecule has 158 valence electrons.